The smallest absolute Gasteiger partial charge is 0.253 e. The van der Waals surface area contributed by atoms with E-state index in [2.05, 4.69) is 19.2 Å². The molecular formula is C14H25N3O3. The zero-order valence-electron chi connectivity index (χ0n) is 12.3. The fraction of sp³-hybridized carbons (Fsp3) is 0.857. The van der Waals surface area contributed by atoms with E-state index in [0.29, 0.717) is 26.1 Å². The van der Waals surface area contributed by atoms with E-state index in [1.807, 2.05) is 0 Å². The van der Waals surface area contributed by atoms with Crippen molar-refractivity contribution in [2.24, 2.45) is 17.1 Å². The summed E-state index contributed by atoms with van der Waals surface area (Å²) in [6.45, 7) is 6.17. The number of hydrogen-bond acceptors (Lipinski definition) is 4. The van der Waals surface area contributed by atoms with Crippen LogP contribution in [0, 0.1) is 11.3 Å². The Kier molecular flexibility index (Phi) is 4.34. The number of aliphatic hydroxyl groups excluding tert-OH is 1. The number of amides is 2. The summed E-state index contributed by atoms with van der Waals surface area (Å²) in [5, 5.41) is 12.9. The van der Waals surface area contributed by atoms with E-state index in [1.54, 1.807) is 4.90 Å². The predicted molar refractivity (Wildman–Crippen MR) is 74.7 cm³/mol. The fourth-order valence-corrected chi connectivity index (χ4v) is 3.03. The molecule has 2 rings (SSSR count). The van der Waals surface area contributed by atoms with Crippen LogP contribution >= 0.6 is 0 Å². The van der Waals surface area contributed by atoms with Gasteiger partial charge in [0.15, 0.2) is 0 Å². The van der Waals surface area contributed by atoms with E-state index in [4.69, 9.17) is 5.73 Å². The van der Waals surface area contributed by atoms with Crippen molar-refractivity contribution < 1.29 is 14.7 Å². The second-order valence-electron chi connectivity index (χ2n) is 6.83. The van der Waals surface area contributed by atoms with Gasteiger partial charge < -0.3 is 21.1 Å². The minimum Gasteiger partial charge on any atom is -0.382 e. The van der Waals surface area contributed by atoms with Crippen molar-refractivity contribution in [2.45, 2.75) is 45.3 Å². The first kappa shape index (κ1) is 15.3. The molecule has 0 aromatic rings. The maximum Gasteiger partial charge on any atom is 0.253 e. The molecule has 2 saturated heterocycles. The number of aliphatic hydroxyl groups is 1. The van der Waals surface area contributed by atoms with Crippen molar-refractivity contribution in [1.82, 2.24) is 10.2 Å². The number of hydrogen-bond donors (Lipinski definition) is 3. The van der Waals surface area contributed by atoms with E-state index in [9.17, 15) is 14.7 Å². The molecule has 3 atom stereocenters. The van der Waals surface area contributed by atoms with Gasteiger partial charge in [-0.05, 0) is 24.7 Å². The molecule has 2 unspecified atom stereocenters. The Labute approximate surface area is 119 Å². The predicted octanol–water partition coefficient (Wildman–Crippen LogP) is -0.541. The Morgan fingerprint density at radius 1 is 1.55 bits per heavy atom. The fourth-order valence-electron chi connectivity index (χ4n) is 3.03. The summed E-state index contributed by atoms with van der Waals surface area (Å²) in [5.41, 5.74) is 6.05. The number of rotatable bonds is 4. The van der Waals surface area contributed by atoms with Crippen molar-refractivity contribution in [1.29, 1.82) is 0 Å². The number of nitrogens with zero attached hydrogens (tertiary/aromatic N) is 1. The molecule has 114 valence electrons. The van der Waals surface area contributed by atoms with Crippen LogP contribution in [-0.4, -0.2) is 53.6 Å². The molecule has 0 aliphatic carbocycles. The van der Waals surface area contributed by atoms with E-state index in [1.165, 1.54) is 0 Å². The number of nitrogens with one attached hydrogen (secondary N) is 1. The van der Waals surface area contributed by atoms with Crippen LogP contribution < -0.4 is 11.1 Å². The van der Waals surface area contributed by atoms with Crippen LogP contribution in [0.4, 0.5) is 0 Å². The van der Waals surface area contributed by atoms with Gasteiger partial charge in [0.05, 0.1) is 0 Å². The number of likely N-dealkylation sites (tertiary alicyclic amines) is 1. The van der Waals surface area contributed by atoms with Gasteiger partial charge in [-0.25, -0.2) is 0 Å². The zero-order valence-corrected chi connectivity index (χ0v) is 12.3. The van der Waals surface area contributed by atoms with Gasteiger partial charge in [0.25, 0.3) is 5.91 Å². The molecule has 2 aliphatic heterocycles. The van der Waals surface area contributed by atoms with Crippen LogP contribution in [-0.2, 0) is 9.59 Å². The van der Waals surface area contributed by atoms with Crippen LogP contribution in [0.1, 0.15) is 33.1 Å². The molecule has 20 heavy (non-hydrogen) atoms. The number of nitrogens with two attached hydrogens (primary N) is 1. The Balaban J connectivity index is 1.83. The van der Waals surface area contributed by atoms with Gasteiger partial charge in [-0.2, -0.15) is 0 Å². The van der Waals surface area contributed by atoms with Crippen LogP contribution in [0.3, 0.4) is 0 Å². The van der Waals surface area contributed by atoms with Gasteiger partial charge in [-0.3, -0.25) is 9.59 Å². The van der Waals surface area contributed by atoms with Crippen molar-refractivity contribution >= 4 is 11.8 Å². The summed E-state index contributed by atoms with van der Waals surface area (Å²) in [7, 11) is 0. The second-order valence-corrected chi connectivity index (χ2v) is 6.83. The summed E-state index contributed by atoms with van der Waals surface area (Å²) >= 11 is 0. The molecule has 2 amide bonds. The van der Waals surface area contributed by atoms with E-state index >= 15 is 0 Å². The van der Waals surface area contributed by atoms with Gasteiger partial charge in [-0.1, -0.05) is 13.8 Å². The van der Waals surface area contributed by atoms with Gasteiger partial charge in [-0.15, -0.1) is 0 Å². The molecule has 0 bridgehead atoms. The van der Waals surface area contributed by atoms with E-state index in [0.717, 1.165) is 12.8 Å². The van der Waals surface area contributed by atoms with E-state index < -0.39 is 12.1 Å². The summed E-state index contributed by atoms with van der Waals surface area (Å²) in [6.07, 6.45) is 0.849. The molecule has 0 radical (unpaired) electrons. The standard InChI is InChI=1S/C14H25N3O3/c1-14(2)7-17(8-14)13(20)11(18)10(15)6-9-4-3-5-16-12(9)19/h9-11,18H,3-8,15H2,1-2H3,(H,16,19)/t9-,10?,11?/m0/s1. The molecule has 0 spiro atoms. The summed E-state index contributed by atoms with van der Waals surface area (Å²) in [6, 6.07) is -0.680. The summed E-state index contributed by atoms with van der Waals surface area (Å²) < 4.78 is 0. The highest BCUT2D eigenvalue weighted by atomic mass is 16.3. The average Bonchev–Trinajstić information content (AvgIpc) is 2.36. The molecule has 2 aliphatic rings. The van der Waals surface area contributed by atoms with E-state index in [-0.39, 0.29) is 23.1 Å². The Morgan fingerprint density at radius 3 is 2.75 bits per heavy atom. The lowest BCUT2D eigenvalue weighted by Gasteiger charge is -2.47. The minimum absolute atomic E-state index is 0.0172. The van der Waals surface area contributed by atoms with Crippen LogP contribution in [0.25, 0.3) is 0 Å². The molecule has 2 fully saturated rings. The molecule has 0 saturated carbocycles. The molecule has 2 heterocycles. The van der Waals surface area contributed by atoms with Crippen molar-refractivity contribution in [3.05, 3.63) is 0 Å². The van der Waals surface area contributed by atoms with Crippen LogP contribution in [0.15, 0.2) is 0 Å². The maximum atomic E-state index is 12.1. The van der Waals surface area contributed by atoms with Gasteiger partial charge in [0, 0.05) is 31.6 Å². The second kappa shape index (κ2) is 5.69. The number of carbonyl (C=O) groups excluding carboxylic acids is 2. The maximum absolute atomic E-state index is 12.1. The lowest BCUT2D eigenvalue weighted by Crippen LogP contribution is -2.60. The largest absolute Gasteiger partial charge is 0.382 e. The quantitative estimate of drug-likeness (QED) is 0.645. The topological polar surface area (TPSA) is 95.7 Å². The van der Waals surface area contributed by atoms with Crippen molar-refractivity contribution in [2.75, 3.05) is 19.6 Å². The molecule has 4 N–H and O–H groups in total. The van der Waals surface area contributed by atoms with Crippen molar-refractivity contribution in [3.63, 3.8) is 0 Å². The Hall–Kier alpha value is -1.14. The highest BCUT2D eigenvalue weighted by Crippen LogP contribution is 2.29. The lowest BCUT2D eigenvalue weighted by atomic mass is 9.83. The monoisotopic (exact) mass is 283 g/mol. The first-order chi connectivity index (χ1) is 9.30. The van der Waals surface area contributed by atoms with Crippen molar-refractivity contribution in [3.8, 4) is 0 Å². The van der Waals surface area contributed by atoms with Gasteiger partial charge in [0.1, 0.15) is 6.10 Å². The SMILES string of the molecule is CC1(C)CN(C(=O)C(O)C(N)C[C@@H]2CCCNC2=O)C1. The zero-order chi connectivity index (χ0) is 14.9. The molecule has 6 nitrogen and oxygen atoms in total. The highest BCUT2D eigenvalue weighted by Gasteiger charge is 2.41. The molecule has 0 aromatic carbocycles. The van der Waals surface area contributed by atoms with Gasteiger partial charge in [0.2, 0.25) is 5.91 Å². The molecule has 0 aromatic heterocycles. The first-order valence-corrected chi connectivity index (χ1v) is 7.30. The minimum atomic E-state index is -1.21. The Morgan fingerprint density at radius 2 is 2.20 bits per heavy atom. The average molecular weight is 283 g/mol. The summed E-state index contributed by atoms with van der Waals surface area (Å²) in [4.78, 5) is 25.4. The third kappa shape index (κ3) is 3.30. The third-order valence-corrected chi connectivity index (χ3v) is 4.16. The first-order valence-electron chi connectivity index (χ1n) is 7.30. The van der Waals surface area contributed by atoms with Crippen LogP contribution in [0.2, 0.25) is 0 Å². The highest BCUT2D eigenvalue weighted by molar-refractivity contribution is 5.83. The number of carbonyl (C=O) groups is 2. The number of piperidine rings is 1. The lowest BCUT2D eigenvalue weighted by molar-refractivity contribution is -0.152. The molecular weight excluding hydrogens is 258 g/mol. The van der Waals surface area contributed by atoms with Gasteiger partial charge >= 0.3 is 0 Å². The third-order valence-electron chi connectivity index (χ3n) is 4.16. The van der Waals surface area contributed by atoms with Crippen LogP contribution in [0.5, 0.6) is 0 Å². The molecule has 6 heteroatoms. The summed E-state index contributed by atoms with van der Waals surface area (Å²) in [5.74, 6) is -0.515. The Bertz CT molecular complexity index is 389. The normalized spacial score (nSPS) is 28.3.